The lowest BCUT2D eigenvalue weighted by molar-refractivity contribution is 0.144. The van der Waals surface area contributed by atoms with Gasteiger partial charge in [0.15, 0.2) is 0 Å². The number of rotatable bonds is 2. The molecule has 90 valence electrons. The molecule has 0 aromatic rings. The molecule has 1 fully saturated rings. The lowest BCUT2D eigenvalue weighted by Crippen LogP contribution is -2.46. The van der Waals surface area contributed by atoms with Crippen molar-refractivity contribution in [3.8, 4) is 0 Å². The molecule has 1 saturated carbocycles. The predicted molar refractivity (Wildman–Crippen MR) is 63.2 cm³/mol. The van der Waals surface area contributed by atoms with E-state index in [4.69, 9.17) is 0 Å². The molecule has 2 atom stereocenters. The molecule has 0 radical (unpaired) electrons. The molecule has 0 aliphatic heterocycles. The summed E-state index contributed by atoms with van der Waals surface area (Å²) in [4.78, 5) is 0. The summed E-state index contributed by atoms with van der Waals surface area (Å²) >= 11 is 0. The van der Waals surface area contributed by atoms with Crippen LogP contribution >= 0.6 is 0 Å². The molecule has 0 heterocycles. The van der Waals surface area contributed by atoms with Crippen molar-refractivity contribution >= 4 is 10.0 Å². The van der Waals surface area contributed by atoms with E-state index in [1.165, 1.54) is 12.7 Å². The molecule has 3 nitrogen and oxygen atoms in total. The first kappa shape index (κ1) is 13.0. The Morgan fingerprint density at radius 3 is 2.13 bits per heavy atom. The van der Waals surface area contributed by atoms with Crippen molar-refractivity contribution in [3.05, 3.63) is 0 Å². The minimum Gasteiger partial charge on any atom is -0.213 e. The van der Waals surface area contributed by atoms with E-state index >= 15 is 0 Å². The summed E-state index contributed by atoms with van der Waals surface area (Å²) in [5, 5.41) is 0. The highest BCUT2D eigenvalue weighted by atomic mass is 32.2. The van der Waals surface area contributed by atoms with E-state index in [0.29, 0.717) is 5.92 Å². The number of sulfonamides is 1. The van der Waals surface area contributed by atoms with Gasteiger partial charge in [0.25, 0.3) is 0 Å². The molecule has 1 aliphatic rings. The number of hydrogen-bond acceptors (Lipinski definition) is 2. The van der Waals surface area contributed by atoms with Crippen LogP contribution in [0.2, 0.25) is 0 Å². The molecule has 1 N–H and O–H groups in total. The highest BCUT2D eigenvalue weighted by molar-refractivity contribution is 7.88. The average Bonchev–Trinajstić information content (AvgIpc) is 1.99. The Morgan fingerprint density at radius 1 is 1.13 bits per heavy atom. The zero-order valence-electron chi connectivity index (χ0n) is 10.2. The Morgan fingerprint density at radius 2 is 1.67 bits per heavy atom. The van der Waals surface area contributed by atoms with Crippen molar-refractivity contribution < 1.29 is 8.42 Å². The van der Waals surface area contributed by atoms with Crippen molar-refractivity contribution in [1.82, 2.24) is 4.72 Å². The second-order valence-corrected chi connectivity index (χ2v) is 7.53. The van der Waals surface area contributed by atoms with Crippen LogP contribution in [0.4, 0.5) is 0 Å². The highest BCUT2D eigenvalue weighted by Gasteiger charge is 2.35. The smallest absolute Gasteiger partial charge is 0.208 e. The molecule has 0 aromatic carbocycles. The Balaban J connectivity index is 2.75. The fourth-order valence-corrected chi connectivity index (χ4v) is 3.42. The number of hydrogen-bond donors (Lipinski definition) is 1. The first-order valence-electron chi connectivity index (χ1n) is 5.67. The van der Waals surface area contributed by atoms with Crippen LogP contribution in [-0.4, -0.2) is 20.7 Å². The molecule has 0 unspecified atom stereocenters. The monoisotopic (exact) mass is 233 g/mol. The molecule has 0 spiro atoms. The van der Waals surface area contributed by atoms with Gasteiger partial charge in [-0.15, -0.1) is 0 Å². The zero-order chi connectivity index (χ0) is 11.7. The summed E-state index contributed by atoms with van der Waals surface area (Å²) in [7, 11) is -3.07. The summed E-state index contributed by atoms with van der Waals surface area (Å²) in [5.74, 6) is 0.459. The second-order valence-electron chi connectivity index (χ2n) is 5.75. The Bertz CT molecular complexity index is 303. The first-order valence-corrected chi connectivity index (χ1v) is 7.56. The van der Waals surface area contributed by atoms with Crippen LogP contribution in [0.25, 0.3) is 0 Å². The molecule has 1 rings (SSSR count). The maximum absolute atomic E-state index is 11.3. The zero-order valence-corrected chi connectivity index (χ0v) is 11.0. The Labute approximate surface area is 93.7 Å². The Kier molecular flexibility index (Phi) is 3.82. The van der Waals surface area contributed by atoms with Crippen LogP contribution in [0.1, 0.15) is 46.5 Å². The highest BCUT2D eigenvalue weighted by Crippen LogP contribution is 2.38. The molecule has 0 bridgehead atoms. The van der Waals surface area contributed by atoms with Crippen molar-refractivity contribution in [3.63, 3.8) is 0 Å². The summed E-state index contributed by atoms with van der Waals surface area (Å²) in [6, 6.07) is 0.133. The van der Waals surface area contributed by atoms with Crippen LogP contribution in [-0.2, 0) is 10.0 Å². The molecule has 0 amide bonds. The quantitative estimate of drug-likeness (QED) is 0.794. The summed E-state index contributed by atoms with van der Waals surface area (Å²) in [6.07, 6.45) is 5.73. The molecule has 0 aromatic heterocycles. The van der Waals surface area contributed by atoms with Crippen molar-refractivity contribution in [2.75, 3.05) is 6.26 Å². The van der Waals surface area contributed by atoms with Gasteiger partial charge in [-0.2, -0.15) is 0 Å². The van der Waals surface area contributed by atoms with E-state index in [9.17, 15) is 8.42 Å². The van der Waals surface area contributed by atoms with Gasteiger partial charge in [-0.25, -0.2) is 13.1 Å². The van der Waals surface area contributed by atoms with Crippen LogP contribution in [0.3, 0.4) is 0 Å². The molecular weight excluding hydrogens is 210 g/mol. The third-order valence-corrected chi connectivity index (χ3v) is 3.97. The first-order chi connectivity index (χ1) is 6.70. The molecule has 1 aliphatic carbocycles. The maximum atomic E-state index is 11.3. The van der Waals surface area contributed by atoms with Gasteiger partial charge in [-0.1, -0.05) is 33.6 Å². The van der Waals surface area contributed by atoms with Gasteiger partial charge in [0, 0.05) is 6.04 Å². The predicted octanol–water partition coefficient (Wildman–Crippen LogP) is 2.14. The Hall–Kier alpha value is -0.0900. The van der Waals surface area contributed by atoms with Crippen LogP contribution in [0, 0.1) is 11.3 Å². The minimum atomic E-state index is -3.07. The van der Waals surface area contributed by atoms with Gasteiger partial charge in [-0.05, 0) is 24.2 Å². The van der Waals surface area contributed by atoms with E-state index in [1.807, 2.05) is 0 Å². The van der Waals surface area contributed by atoms with Crippen molar-refractivity contribution in [2.24, 2.45) is 11.3 Å². The van der Waals surface area contributed by atoms with Crippen LogP contribution < -0.4 is 4.72 Å². The summed E-state index contributed by atoms with van der Waals surface area (Å²) < 4.78 is 25.3. The van der Waals surface area contributed by atoms with E-state index in [-0.39, 0.29) is 11.5 Å². The molecule has 15 heavy (non-hydrogen) atoms. The van der Waals surface area contributed by atoms with Gasteiger partial charge < -0.3 is 0 Å². The topological polar surface area (TPSA) is 46.2 Å². The van der Waals surface area contributed by atoms with E-state index in [0.717, 1.165) is 19.3 Å². The van der Waals surface area contributed by atoms with E-state index in [2.05, 4.69) is 25.5 Å². The second kappa shape index (κ2) is 4.42. The van der Waals surface area contributed by atoms with Crippen molar-refractivity contribution in [2.45, 2.75) is 52.5 Å². The molecule has 4 heteroatoms. The average molecular weight is 233 g/mol. The molecule has 0 saturated heterocycles. The standard InChI is InChI=1S/C11H23NO2S/c1-11(2,3)9-7-5-6-8-10(9)12-15(4,13)14/h9-10,12H,5-8H2,1-4H3/t9-,10+/m0/s1. The fraction of sp³-hybridized carbons (Fsp3) is 1.00. The van der Waals surface area contributed by atoms with E-state index in [1.54, 1.807) is 0 Å². The lowest BCUT2D eigenvalue weighted by atomic mass is 9.70. The molecular formula is C11H23NO2S. The lowest BCUT2D eigenvalue weighted by Gasteiger charge is -2.40. The third kappa shape index (κ3) is 4.11. The maximum Gasteiger partial charge on any atom is 0.208 e. The normalized spacial score (nSPS) is 29.1. The largest absolute Gasteiger partial charge is 0.213 e. The van der Waals surface area contributed by atoms with E-state index < -0.39 is 10.0 Å². The minimum absolute atomic E-state index is 0.133. The van der Waals surface area contributed by atoms with Crippen molar-refractivity contribution in [1.29, 1.82) is 0 Å². The van der Waals surface area contributed by atoms with Crippen LogP contribution in [0.5, 0.6) is 0 Å². The van der Waals surface area contributed by atoms with Gasteiger partial charge >= 0.3 is 0 Å². The summed E-state index contributed by atoms with van der Waals surface area (Å²) in [5.41, 5.74) is 0.183. The van der Waals surface area contributed by atoms with Gasteiger partial charge in [-0.3, -0.25) is 0 Å². The van der Waals surface area contributed by atoms with Gasteiger partial charge in [0.2, 0.25) is 10.0 Å². The third-order valence-electron chi connectivity index (χ3n) is 3.24. The van der Waals surface area contributed by atoms with Gasteiger partial charge in [0.05, 0.1) is 6.26 Å². The fourth-order valence-electron chi connectivity index (χ4n) is 2.58. The number of nitrogens with one attached hydrogen (secondary N) is 1. The van der Waals surface area contributed by atoms with Gasteiger partial charge in [0.1, 0.15) is 0 Å². The summed E-state index contributed by atoms with van der Waals surface area (Å²) in [6.45, 7) is 6.58. The SMILES string of the molecule is CC(C)(C)[C@H]1CCCC[C@H]1NS(C)(=O)=O. The van der Waals surface area contributed by atoms with Crippen LogP contribution in [0.15, 0.2) is 0 Å².